The zero-order chi connectivity index (χ0) is 9.10. The van der Waals surface area contributed by atoms with Crippen molar-refractivity contribution in [3.8, 4) is 5.95 Å². The number of hydrogen-bond acceptors (Lipinski definition) is 3. The Kier molecular flexibility index (Phi) is 2.04. The molecule has 0 saturated carbocycles. The van der Waals surface area contributed by atoms with Crippen LogP contribution in [0.1, 0.15) is 12.7 Å². The molecule has 66 valence electrons. The summed E-state index contributed by atoms with van der Waals surface area (Å²) in [6, 6.07) is 1.80. The molecule has 0 unspecified atom stereocenters. The second-order valence-corrected chi connectivity index (χ2v) is 2.62. The Morgan fingerprint density at radius 3 is 2.62 bits per heavy atom. The smallest absolute Gasteiger partial charge is 0.235 e. The van der Waals surface area contributed by atoms with Crippen molar-refractivity contribution in [1.29, 1.82) is 0 Å². The molecule has 0 bridgehead atoms. The maximum atomic E-state index is 4.19. The summed E-state index contributed by atoms with van der Waals surface area (Å²) in [5.74, 6) is 1.66. The van der Waals surface area contributed by atoms with E-state index in [2.05, 4.69) is 21.9 Å². The van der Waals surface area contributed by atoms with Gasteiger partial charge >= 0.3 is 0 Å². The zero-order valence-electron chi connectivity index (χ0n) is 7.38. The maximum absolute atomic E-state index is 4.19. The third kappa shape index (κ3) is 1.42. The highest BCUT2D eigenvalue weighted by Gasteiger charge is 2.03. The largest absolute Gasteiger partial charge is 0.272 e. The molecule has 0 aliphatic carbocycles. The van der Waals surface area contributed by atoms with E-state index < -0.39 is 0 Å². The van der Waals surface area contributed by atoms with Gasteiger partial charge in [-0.25, -0.2) is 15.0 Å². The normalized spacial score (nSPS) is 10.2. The molecule has 0 fully saturated rings. The minimum atomic E-state index is 0.678. The summed E-state index contributed by atoms with van der Waals surface area (Å²) in [7, 11) is 0. The second-order valence-electron chi connectivity index (χ2n) is 2.62. The highest BCUT2D eigenvalue weighted by atomic mass is 15.2. The van der Waals surface area contributed by atoms with E-state index in [0.29, 0.717) is 5.95 Å². The number of aromatic nitrogens is 4. The van der Waals surface area contributed by atoms with Crippen molar-refractivity contribution < 1.29 is 0 Å². The first-order valence-electron chi connectivity index (χ1n) is 4.21. The lowest BCUT2D eigenvalue weighted by molar-refractivity contribution is 0.836. The van der Waals surface area contributed by atoms with Gasteiger partial charge in [-0.15, -0.1) is 0 Å². The summed E-state index contributed by atoms with van der Waals surface area (Å²) in [4.78, 5) is 12.5. The van der Waals surface area contributed by atoms with Crippen molar-refractivity contribution in [3.63, 3.8) is 0 Å². The standard InChI is InChI=1S/C9H10N4/c1-2-8-10-6-7-13(8)9-11-4-3-5-12-9/h3-7H,2H2,1H3. The van der Waals surface area contributed by atoms with Crippen LogP contribution in [0.2, 0.25) is 0 Å². The molecule has 2 aromatic heterocycles. The molecule has 2 heterocycles. The second kappa shape index (κ2) is 3.35. The van der Waals surface area contributed by atoms with Gasteiger partial charge in [0, 0.05) is 31.2 Å². The Morgan fingerprint density at radius 1 is 1.15 bits per heavy atom. The van der Waals surface area contributed by atoms with Gasteiger partial charge in [0.25, 0.3) is 0 Å². The van der Waals surface area contributed by atoms with Gasteiger partial charge in [0.2, 0.25) is 5.95 Å². The summed E-state index contributed by atoms with van der Waals surface area (Å²) >= 11 is 0. The van der Waals surface area contributed by atoms with Crippen LogP contribution in [0.3, 0.4) is 0 Å². The van der Waals surface area contributed by atoms with Gasteiger partial charge in [-0.1, -0.05) is 6.92 Å². The molecule has 0 radical (unpaired) electrons. The summed E-state index contributed by atoms with van der Waals surface area (Å²) < 4.78 is 1.89. The summed E-state index contributed by atoms with van der Waals surface area (Å²) in [6.07, 6.45) is 7.96. The van der Waals surface area contributed by atoms with Gasteiger partial charge in [0.1, 0.15) is 5.82 Å². The molecule has 2 rings (SSSR count). The van der Waals surface area contributed by atoms with E-state index in [9.17, 15) is 0 Å². The van der Waals surface area contributed by atoms with Gasteiger partial charge in [0.15, 0.2) is 0 Å². The van der Waals surface area contributed by atoms with Crippen molar-refractivity contribution in [3.05, 3.63) is 36.7 Å². The fourth-order valence-corrected chi connectivity index (χ4v) is 1.19. The van der Waals surface area contributed by atoms with Crippen molar-refractivity contribution >= 4 is 0 Å². The van der Waals surface area contributed by atoms with Crippen LogP contribution in [0.4, 0.5) is 0 Å². The lowest BCUT2D eigenvalue weighted by Gasteiger charge is -2.02. The monoisotopic (exact) mass is 174 g/mol. The van der Waals surface area contributed by atoms with E-state index in [-0.39, 0.29) is 0 Å². The average Bonchev–Trinajstić information content (AvgIpc) is 2.67. The SMILES string of the molecule is CCc1nccn1-c1ncccn1. The van der Waals surface area contributed by atoms with Crippen LogP contribution in [0.15, 0.2) is 30.9 Å². The maximum Gasteiger partial charge on any atom is 0.235 e. The van der Waals surface area contributed by atoms with E-state index in [0.717, 1.165) is 12.2 Å². The number of imidazole rings is 1. The molecule has 0 aliphatic heterocycles. The number of rotatable bonds is 2. The minimum Gasteiger partial charge on any atom is -0.272 e. The van der Waals surface area contributed by atoms with Crippen LogP contribution in [0.25, 0.3) is 5.95 Å². The van der Waals surface area contributed by atoms with Crippen molar-refractivity contribution in [2.75, 3.05) is 0 Å². The van der Waals surface area contributed by atoms with E-state index in [1.165, 1.54) is 0 Å². The zero-order valence-corrected chi connectivity index (χ0v) is 7.38. The molecule has 0 N–H and O–H groups in total. The Bertz CT molecular complexity index is 380. The first kappa shape index (κ1) is 7.91. The van der Waals surface area contributed by atoms with E-state index >= 15 is 0 Å². The molecule has 13 heavy (non-hydrogen) atoms. The highest BCUT2D eigenvalue weighted by Crippen LogP contribution is 2.04. The van der Waals surface area contributed by atoms with Gasteiger partial charge < -0.3 is 0 Å². The molecule has 2 aromatic rings. The topological polar surface area (TPSA) is 43.6 Å². The summed E-state index contributed by atoms with van der Waals surface area (Å²) in [6.45, 7) is 2.06. The van der Waals surface area contributed by atoms with Gasteiger partial charge in [-0.3, -0.25) is 4.57 Å². The summed E-state index contributed by atoms with van der Waals surface area (Å²) in [5, 5.41) is 0. The van der Waals surface area contributed by atoms with Crippen LogP contribution in [0, 0.1) is 0 Å². The quantitative estimate of drug-likeness (QED) is 0.687. The Morgan fingerprint density at radius 2 is 1.92 bits per heavy atom. The van der Waals surface area contributed by atoms with E-state index in [1.54, 1.807) is 24.7 Å². The first-order chi connectivity index (χ1) is 6.42. The van der Waals surface area contributed by atoms with E-state index in [4.69, 9.17) is 0 Å². The molecule has 0 saturated heterocycles. The molecule has 4 heteroatoms. The predicted octanol–water partition coefficient (Wildman–Crippen LogP) is 1.22. The number of aryl methyl sites for hydroxylation is 1. The molecule has 0 atom stereocenters. The summed E-state index contributed by atoms with van der Waals surface area (Å²) in [5.41, 5.74) is 0. The Labute approximate surface area is 76.3 Å². The van der Waals surface area contributed by atoms with Gasteiger partial charge in [-0.2, -0.15) is 0 Å². The van der Waals surface area contributed by atoms with Crippen LogP contribution in [-0.2, 0) is 6.42 Å². The molecule has 0 aromatic carbocycles. The fourth-order valence-electron chi connectivity index (χ4n) is 1.19. The van der Waals surface area contributed by atoms with Crippen LogP contribution in [0.5, 0.6) is 0 Å². The highest BCUT2D eigenvalue weighted by molar-refractivity contribution is 5.14. The van der Waals surface area contributed by atoms with Gasteiger partial charge in [0.05, 0.1) is 0 Å². The van der Waals surface area contributed by atoms with Crippen molar-refractivity contribution in [1.82, 2.24) is 19.5 Å². The van der Waals surface area contributed by atoms with Crippen molar-refractivity contribution in [2.45, 2.75) is 13.3 Å². The predicted molar refractivity (Wildman–Crippen MR) is 48.5 cm³/mol. The van der Waals surface area contributed by atoms with E-state index in [1.807, 2.05) is 10.8 Å². The molecular formula is C9H10N4. The lowest BCUT2D eigenvalue weighted by Crippen LogP contribution is -2.03. The fraction of sp³-hybridized carbons (Fsp3) is 0.222. The molecular weight excluding hydrogens is 164 g/mol. The molecule has 0 spiro atoms. The van der Waals surface area contributed by atoms with Crippen molar-refractivity contribution in [2.24, 2.45) is 0 Å². The van der Waals surface area contributed by atoms with Crippen LogP contribution >= 0.6 is 0 Å². The first-order valence-corrected chi connectivity index (χ1v) is 4.21. The number of nitrogens with zero attached hydrogens (tertiary/aromatic N) is 4. The lowest BCUT2D eigenvalue weighted by atomic mass is 10.4. The van der Waals surface area contributed by atoms with Gasteiger partial charge in [-0.05, 0) is 6.07 Å². The Hall–Kier alpha value is -1.71. The molecule has 4 nitrogen and oxygen atoms in total. The van der Waals surface area contributed by atoms with Crippen LogP contribution < -0.4 is 0 Å². The number of hydrogen-bond donors (Lipinski definition) is 0. The average molecular weight is 174 g/mol. The third-order valence-corrected chi connectivity index (χ3v) is 1.80. The molecule has 0 amide bonds. The van der Waals surface area contributed by atoms with Crippen LogP contribution in [-0.4, -0.2) is 19.5 Å². The third-order valence-electron chi connectivity index (χ3n) is 1.80. The Balaban J connectivity index is 2.47. The minimum absolute atomic E-state index is 0.678. The molecule has 0 aliphatic rings.